The fraction of sp³-hybridized carbons (Fsp3) is 0.133. The highest BCUT2D eigenvalue weighted by atomic mass is 32.1. The van der Waals surface area contributed by atoms with E-state index in [0.717, 1.165) is 26.8 Å². The number of hydrogen-bond acceptors (Lipinski definition) is 5. The molecule has 0 saturated heterocycles. The molecule has 5 heteroatoms. The third kappa shape index (κ3) is 3.00. The molecule has 0 spiro atoms. The summed E-state index contributed by atoms with van der Waals surface area (Å²) in [5.74, 6) is 0.881. The van der Waals surface area contributed by atoms with Gasteiger partial charge >= 0.3 is 0 Å². The van der Waals surface area contributed by atoms with Crippen LogP contribution in [-0.4, -0.2) is 18.1 Å². The minimum atomic E-state index is 0.599. The van der Waals surface area contributed by atoms with E-state index in [0.29, 0.717) is 13.2 Å². The van der Waals surface area contributed by atoms with Gasteiger partial charge in [-0.25, -0.2) is 4.98 Å². The van der Waals surface area contributed by atoms with Crippen LogP contribution in [0, 0.1) is 0 Å². The number of nitrogens with two attached hydrogens (primary N) is 1. The van der Waals surface area contributed by atoms with Crippen LogP contribution < -0.4 is 15.8 Å². The number of ether oxygens (including phenoxy) is 1. The Morgan fingerprint density at radius 3 is 2.85 bits per heavy atom. The summed E-state index contributed by atoms with van der Waals surface area (Å²) in [5, 5.41) is 4.16. The van der Waals surface area contributed by atoms with Gasteiger partial charge in [0.2, 0.25) is 0 Å². The lowest BCUT2D eigenvalue weighted by Gasteiger charge is -2.05. The zero-order chi connectivity index (χ0) is 13.8. The summed E-state index contributed by atoms with van der Waals surface area (Å²) >= 11 is 1.60. The van der Waals surface area contributed by atoms with Gasteiger partial charge in [0.1, 0.15) is 12.4 Å². The Morgan fingerprint density at radius 2 is 2.00 bits per heavy atom. The number of nitrogen functional groups attached to an aromatic ring is 1. The van der Waals surface area contributed by atoms with E-state index in [1.54, 1.807) is 11.3 Å². The van der Waals surface area contributed by atoms with Gasteiger partial charge in [-0.2, -0.15) is 0 Å². The minimum absolute atomic E-state index is 0.599. The fourth-order valence-corrected chi connectivity index (χ4v) is 2.80. The molecular formula is C15H15N3OS. The summed E-state index contributed by atoms with van der Waals surface area (Å²) in [6.07, 6.45) is 0. The Morgan fingerprint density at radius 1 is 1.15 bits per heavy atom. The molecule has 0 radical (unpaired) electrons. The van der Waals surface area contributed by atoms with Gasteiger partial charge in [0.25, 0.3) is 0 Å². The fourth-order valence-electron chi connectivity index (χ4n) is 1.86. The van der Waals surface area contributed by atoms with Crippen molar-refractivity contribution < 1.29 is 4.74 Å². The summed E-state index contributed by atoms with van der Waals surface area (Å²) in [6.45, 7) is 1.31. The van der Waals surface area contributed by atoms with Crippen molar-refractivity contribution in [3.63, 3.8) is 0 Å². The first kappa shape index (κ1) is 12.7. The predicted octanol–water partition coefficient (Wildman–Crippen LogP) is 3.37. The topological polar surface area (TPSA) is 60.2 Å². The highest BCUT2D eigenvalue weighted by Gasteiger charge is 2.03. The molecule has 20 heavy (non-hydrogen) atoms. The van der Waals surface area contributed by atoms with Crippen LogP contribution in [-0.2, 0) is 0 Å². The standard InChI is InChI=1S/C15H15N3OS/c16-11-6-7-13-14(10-11)20-15(18-13)17-8-9-19-12-4-2-1-3-5-12/h1-7,10H,8-9,16H2,(H,17,18). The molecule has 0 aliphatic carbocycles. The maximum Gasteiger partial charge on any atom is 0.183 e. The average Bonchev–Trinajstić information content (AvgIpc) is 2.86. The first-order chi connectivity index (χ1) is 9.81. The van der Waals surface area contributed by atoms with E-state index in [1.807, 2.05) is 48.5 Å². The molecule has 2 aromatic carbocycles. The Labute approximate surface area is 121 Å². The maximum atomic E-state index is 5.76. The van der Waals surface area contributed by atoms with E-state index >= 15 is 0 Å². The normalized spacial score (nSPS) is 10.6. The number of anilines is 2. The highest BCUT2D eigenvalue weighted by molar-refractivity contribution is 7.22. The molecule has 0 aliphatic rings. The van der Waals surface area contributed by atoms with Crippen molar-refractivity contribution in [1.29, 1.82) is 0 Å². The number of rotatable bonds is 5. The first-order valence-electron chi connectivity index (χ1n) is 6.39. The molecule has 0 fully saturated rings. The summed E-state index contributed by atoms with van der Waals surface area (Å²) in [4.78, 5) is 4.49. The molecule has 0 atom stereocenters. The number of aromatic nitrogens is 1. The van der Waals surface area contributed by atoms with Crippen LogP contribution in [0.1, 0.15) is 0 Å². The number of para-hydroxylation sites is 1. The van der Waals surface area contributed by atoms with E-state index < -0.39 is 0 Å². The molecule has 0 unspecified atom stereocenters. The van der Waals surface area contributed by atoms with Gasteiger partial charge < -0.3 is 15.8 Å². The van der Waals surface area contributed by atoms with Crippen molar-refractivity contribution in [2.75, 3.05) is 24.2 Å². The van der Waals surface area contributed by atoms with Gasteiger partial charge in [0, 0.05) is 5.69 Å². The van der Waals surface area contributed by atoms with Crippen molar-refractivity contribution in [3.8, 4) is 5.75 Å². The largest absolute Gasteiger partial charge is 0.492 e. The van der Waals surface area contributed by atoms with E-state index in [2.05, 4.69) is 10.3 Å². The second kappa shape index (κ2) is 5.79. The van der Waals surface area contributed by atoms with Crippen molar-refractivity contribution in [1.82, 2.24) is 4.98 Å². The van der Waals surface area contributed by atoms with Crippen LogP contribution in [0.3, 0.4) is 0 Å². The summed E-state index contributed by atoms with van der Waals surface area (Å²) in [5.41, 5.74) is 7.49. The van der Waals surface area contributed by atoms with Gasteiger partial charge in [-0.15, -0.1) is 0 Å². The molecule has 0 bridgehead atoms. The first-order valence-corrected chi connectivity index (χ1v) is 7.21. The van der Waals surface area contributed by atoms with Crippen LogP contribution in [0.25, 0.3) is 10.2 Å². The minimum Gasteiger partial charge on any atom is -0.492 e. The van der Waals surface area contributed by atoms with Crippen molar-refractivity contribution in [3.05, 3.63) is 48.5 Å². The molecule has 3 rings (SSSR count). The highest BCUT2D eigenvalue weighted by Crippen LogP contribution is 2.27. The number of hydrogen-bond donors (Lipinski definition) is 2. The zero-order valence-electron chi connectivity index (χ0n) is 10.9. The monoisotopic (exact) mass is 285 g/mol. The van der Waals surface area contributed by atoms with E-state index in [-0.39, 0.29) is 0 Å². The zero-order valence-corrected chi connectivity index (χ0v) is 11.7. The molecule has 102 valence electrons. The second-order valence-corrected chi connectivity index (χ2v) is 5.37. The SMILES string of the molecule is Nc1ccc2nc(NCCOc3ccccc3)sc2c1. The molecular weight excluding hydrogens is 270 g/mol. The molecule has 3 N–H and O–H groups in total. The van der Waals surface area contributed by atoms with Crippen LogP contribution in [0.5, 0.6) is 5.75 Å². The number of fused-ring (bicyclic) bond motifs is 1. The maximum absolute atomic E-state index is 5.76. The smallest absolute Gasteiger partial charge is 0.183 e. The Hall–Kier alpha value is -2.27. The average molecular weight is 285 g/mol. The Balaban J connectivity index is 1.55. The number of nitrogens with one attached hydrogen (secondary N) is 1. The van der Waals surface area contributed by atoms with Crippen LogP contribution in [0.15, 0.2) is 48.5 Å². The van der Waals surface area contributed by atoms with E-state index in [9.17, 15) is 0 Å². The number of benzene rings is 2. The van der Waals surface area contributed by atoms with Crippen LogP contribution in [0.2, 0.25) is 0 Å². The van der Waals surface area contributed by atoms with Gasteiger partial charge in [0.05, 0.1) is 16.8 Å². The third-order valence-corrected chi connectivity index (χ3v) is 3.78. The molecule has 0 aliphatic heterocycles. The summed E-state index contributed by atoms with van der Waals surface area (Å²) < 4.78 is 6.71. The second-order valence-electron chi connectivity index (χ2n) is 4.33. The molecule has 1 aromatic heterocycles. The van der Waals surface area contributed by atoms with Gasteiger partial charge in [-0.1, -0.05) is 29.5 Å². The van der Waals surface area contributed by atoms with Crippen molar-refractivity contribution in [2.24, 2.45) is 0 Å². The third-order valence-electron chi connectivity index (χ3n) is 2.80. The molecule has 0 saturated carbocycles. The lowest BCUT2D eigenvalue weighted by Crippen LogP contribution is -2.11. The lowest BCUT2D eigenvalue weighted by atomic mass is 10.3. The predicted molar refractivity (Wildman–Crippen MR) is 84.5 cm³/mol. The Kier molecular flexibility index (Phi) is 3.69. The van der Waals surface area contributed by atoms with Crippen molar-refractivity contribution in [2.45, 2.75) is 0 Å². The van der Waals surface area contributed by atoms with Crippen molar-refractivity contribution >= 4 is 32.4 Å². The van der Waals surface area contributed by atoms with Crippen LogP contribution >= 0.6 is 11.3 Å². The summed E-state index contributed by atoms with van der Waals surface area (Å²) in [6, 6.07) is 15.5. The van der Waals surface area contributed by atoms with Crippen LogP contribution in [0.4, 0.5) is 10.8 Å². The van der Waals surface area contributed by atoms with E-state index in [4.69, 9.17) is 10.5 Å². The molecule has 4 nitrogen and oxygen atoms in total. The van der Waals surface area contributed by atoms with E-state index in [1.165, 1.54) is 0 Å². The van der Waals surface area contributed by atoms with Gasteiger partial charge in [-0.3, -0.25) is 0 Å². The summed E-state index contributed by atoms with van der Waals surface area (Å²) in [7, 11) is 0. The van der Waals surface area contributed by atoms with Gasteiger partial charge in [0.15, 0.2) is 5.13 Å². The Bertz CT molecular complexity index is 697. The number of nitrogens with zero attached hydrogens (tertiary/aromatic N) is 1. The molecule has 0 amide bonds. The lowest BCUT2D eigenvalue weighted by molar-refractivity contribution is 0.333. The molecule has 1 heterocycles. The quantitative estimate of drug-likeness (QED) is 0.557. The van der Waals surface area contributed by atoms with Gasteiger partial charge in [-0.05, 0) is 30.3 Å². The number of thiazole rings is 1. The molecule has 3 aromatic rings.